The predicted octanol–water partition coefficient (Wildman–Crippen LogP) is 6.68. The normalized spacial score (nSPS) is 15.1. The minimum Gasteiger partial charge on any atom is -0.491 e. The Morgan fingerprint density at radius 1 is 0.683 bits per heavy atom. The van der Waals surface area contributed by atoms with E-state index >= 15 is 0 Å². The molecule has 0 saturated heterocycles. The number of rotatable bonds is 10. The standard InChI is InChI=1S/C36H30O5/c1-2-35(38)41-22-21-40-30-17-13-28(14-18-30)36(27-11-15-29(16-12-27)39-20-19-37)33-10-6-5-9-31(33)32-23-25-7-3-4-8-26(25)24-34(32)36/h2-18,23-24,37H,1,19-22H2. The summed E-state index contributed by atoms with van der Waals surface area (Å²) >= 11 is 0. The number of hydrogen-bond donors (Lipinski definition) is 1. The van der Waals surface area contributed by atoms with Crippen LogP contribution in [0.2, 0.25) is 0 Å². The molecule has 5 aromatic rings. The molecule has 1 unspecified atom stereocenters. The lowest BCUT2D eigenvalue weighted by molar-refractivity contribution is -0.138. The van der Waals surface area contributed by atoms with Gasteiger partial charge < -0.3 is 19.3 Å². The average molecular weight is 543 g/mol. The predicted molar refractivity (Wildman–Crippen MR) is 160 cm³/mol. The number of benzene rings is 5. The topological polar surface area (TPSA) is 65.0 Å². The van der Waals surface area contributed by atoms with Gasteiger partial charge in [-0.1, -0.05) is 79.4 Å². The zero-order chi connectivity index (χ0) is 28.2. The van der Waals surface area contributed by atoms with Gasteiger partial charge in [0.25, 0.3) is 0 Å². The summed E-state index contributed by atoms with van der Waals surface area (Å²) in [6.07, 6.45) is 1.14. The highest BCUT2D eigenvalue weighted by molar-refractivity contribution is 5.95. The van der Waals surface area contributed by atoms with Gasteiger partial charge in [0.05, 0.1) is 12.0 Å². The summed E-state index contributed by atoms with van der Waals surface area (Å²) in [7, 11) is 0. The van der Waals surface area contributed by atoms with Crippen molar-refractivity contribution < 1.29 is 24.1 Å². The third kappa shape index (κ3) is 4.75. The lowest BCUT2D eigenvalue weighted by Gasteiger charge is -2.34. The Bertz CT molecular complexity index is 1710. The summed E-state index contributed by atoms with van der Waals surface area (Å²) in [6, 6.07) is 38.0. The largest absolute Gasteiger partial charge is 0.491 e. The number of aliphatic hydroxyl groups excluding tert-OH is 1. The molecule has 0 fully saturated rings. The average Bonchev–Trinajstić information content (AvgIpc) is 3.31. The van der Waals surface area contributed by atoms with E-state index in [-0.39, 0.29) is 26.4 Å². The molecule has 0 saturated carbocycles. The van der Waals surface area contributed by atoms with Crippen LogP contribution in [0.1, 0.15) is 22.3 Å². The SMILES string of the molecule is C=CC(=O)OCCOc1ccc(C2(c3ccc(OCCO)cc3)c3ccccc3-c3cc4ccccc4cc32)cc1. The first-order valence-electron chi connectivity index (χ1n) is 13.6. The van der Waals surface area contributed by atoms with E-state index in [9.17, 15) is 9.90 Å². The molecule has 1 aliphatic carbocycles. The molecule has 1 N–H and O–H groups in total. The number of fused-ring (bicyclic) bond motifs is 4. The lowest BCUT2D eigenvalue weighted by atomic mass is 9.67. The quantitative estimate of drug-likeness (QED) is 0.119. The first-order valence-corrected chi connectivity index (χ1v) is 13.6. The van der Waals surface area contributed by atoms with E-state index in [0.29, 0.717) is 11.5 Å². The fourth-order valence-electron chi connectivity index (χ4n) is 5.88. The highest BCUT2D eigenvalue weighted by Gasteiger charge is 2.46. The van der Waals surface area contributed by atoms with Gasteiger partial charge in [-0.05, 0) is 80.6 Å². The second-order valence-corrected chi connectivity index (χ2v) is 9.88. The van der Waals surface area contributed by atoms with Crippen LogP contribution in [-0.4, -0.2) is 37.5 Å². The molecule has 6 rings (SSSR count). The van der Waals surface area contributed by atoms with Gasteiger partial charge in [-0.25, -0.2) is 4.79 Å². The Hall–Kier alpha value is -4.87. The molecule has 0 aromatic heterocycles. The van der Waals surface area contributed by atoms with Gasteiger partial charge in [0, 0.05) is 6.08 Å². The molecule has 0 bridgehead atoms. The molecule has 41 heavy (non-hydrogen) atoms. The first kappa shape index (κ1) is 26.4. The maximum Gasteiger partial charge on any atom is 0.330 e. The van der Waals surface area contributed by atoms with Gasteiger partial charge in [-0.2, -0.15) is 0 Å². The molecule has 5 heteroatoms. The van der Waals surface area contributed by atoms with E-state index < -0.39 is 11.4 Å². The zero-order valence-corrected chi connectivity index (χ0v) is 22.6. The fourth-order valence-corrected chi connectivity index (χ4v) is 5.88. The molecule has 1 aliphatic rings. The van der Waals surface area contributed by atoms with Crippen LogP contribution in [0.25, 0.3) is 21.9 Å². The van der Waals surface area contributed by atoms with Crippen molar-refractivity contribution >= 4 is 16.7 Å². The summed E-state index contributed by atoms with van der Waals surface area (Å²) in [6.45, 7) is 4.01. The van der Waals surface area contributed by atoms with Crippen molar-refractivity contribution in [3.05, 3.63) is 144 Å². The van der Waals surface area contributed by atoms with E-state index in [1.807, 2.05) is 24.3 Å². The van der Waals surface area contributed by atoms with Crippen LogP contribution in [0.5, 0.6) is 11.5 Å². The van der Waals surface area contributed by atoms with Crippen molar-refractivity contribution in [3.63, 3.8) is 0 Å². The van der Waals surface area contributed by atoms with E-state index in [2.05, 4.69) is 91.5 Å². The van der Waals surface area contributed by atoms with E-state index in [1.165, 1.54) is 33.0 Å². The molecule has 5 aromatic carbocycles. The third-order valence-corrected chi connectivity index (χ3v) is 7.61. The van der Waals surface area contributed by atoms with Gasteiger partial charge >= 0.3 is 5.97 Å². The van der Waals surface area contributed by atoms with Crippen LogP contribution in [0.3, 0.4) is 0 Å². The van der Waals surface area contributed by atoms with Gasteiger partial charge in [0.2, 0.25) is 0 Å². The first-order chi connectivity index (χ1) is 20.1. The molecule has 204 valence electrons. The van der Waals surface area contributed by atoms with Crippen molar-refractivity contribution in [2.45, 2.75) is 5.41 Å². The number of carbonyl (C=O) groups is 1. The molecule has 0 aliphatic heterocycles. The van der Waals surface area contributed by atoms with Crippen LogP contribution in [0, 0.1) is 0 Å². The number of aliphatic hydroxyl groups is 1. The third-order valence-electron chi connectivity index (χ3n) is 7.61. The van der Waals surface area contributed by atoms with Crippen LogP contribution in [0.15, 0.2) is 122 Å². The molecule has 5 nitrogen and oxygen atoms in total. The van der Waals surface area contributed by atoms with Crippen LogP contribution in [-0.2, 0) is 14.9 Å². The molecule has 0 heterocycles. The van der Waals surface area contributed by atoms with Crippen LogP contribution >= 0.6 is 0 Å². The number of esters is 1. The summed E-state index contributed by atoms with van der Waals surface area (Å²) in [5.74, 6) is 0.935. The smallest absolute Gasteiger partial charge is 0.330 e. The minimum absolute atomic E-state index is 0.0371. The second-order valence-electron chi connectivity index (χ2n) is 9.88. The van der Waals surface area contributed by atoms with Gasteiger partial charge in [-0.3, -0.25) is 0 Å². The van der Waals surface area contributed by atoms with Crippen LogP contribution < -0.4 is 9.47 Å². The minimum atomic E-state index is -0.580. The van der Waals surface area contributed by atoms with E-state index in [1.54, 1.807) is 0 Å². The zero-order valence-electron chi connectivity index (χ0n) is 22.6. The van der Waals surface area contributed by atoms with Crippen molar-refractivity contribution in [1.29, 1.82) is 0 Å². The Kier molecular flexibility index (Phi) is 7.28. The maximum absolute atomic E-state index is 11.3. The molecule has 0 spiro atoms. The molecular formula is C36H30O5. The Labute approximate surface area is 239 Å². The molecule has 1 atom stereocenters. The van der Waals surface area contributed by atoms with Crippen molar-refractivity contribution in [3.8, 4) is 22.6 Å². The Morgan fingerprint density at radius 3 is 1.90 bits per heavy atom. The summed E-state index contributed by atoms with van der Waals surface area (Å²) in [5, 5.41) is 11.6. The summed E-state index contributed by atoms with van der Waals surface area (Å²) in [5.41, 5.74) is 6.48. The van der Waals surface area contributed by atoms with Gasteiger partial charge in [0.1, 0.15) is 31.3 Å². The van der Waals surface area contributed by atoms with Gasteiger partial charge in [0.15, 0.2) is 0 Å². The lowest BCUT2D eigenvalue weighted by Crippen LogP contribution is -2.28. The van der Waals surface area contributed by atoms with Crippen molar-refractivity contribution in [2.75, 3.05) is 26.4 Å². The molecular weight excluding hydrogens is 512 g/mol. The number of hydrogen-bond acceptors (Lipinski definition) is 5. The number of ether oxygens (including phenoxy) is 3. The Morgan fingerprint density at radius 2 is 1.27 bits per heavy atom. The Balaban J connectivity index is 1.49. The second kappa shape index (κ2) is 11.3. The summed E-state index contributed by atoms with van der Waals surface area (Å²) in [4.78, 5) is 11.3. The van der Waals surface area contributed by atoms with E-state index in [0.717, 1.165) is 17.2 Å². The molecule has 0 radical (unpaired) electrons. The van der Waals surface area contributed by atoms with Crippen molar-refractivity contribution in [1.82, 2.24) is 0 Å². The van der Waals surface area contributed by atoms with E-state index in [4.69, 9.17) is 14.2 Å². The van der Waals surface area contributed by atoms with Crippen molar-refractivity contribution in [2.24, 2.45) is 0 Å². The highest BCUT2D eigenvalue weighted by atomic mass is 16.6. The van der Waals surface area contributed by atoms with Gasteiger partial charge in [-0.15, -0.1) is 0 Å². The number of carbonyl (C=O) groups excluding carboxylic acids is 1. The maximum atomic E-state index is 11.3. The fraction of sp³-hybridized carbons (Fsp3) is 0.139. The highest BCUT2D eigenvalue weighted by Crippen LogP contribution is 2.57. The molecule has 0 amide bonds. The van der Waals surface area contributed by atoms with Crippen LogP contribution in [0.4, 0.5) is 0 Å². The summed E-state index contributed by atoms with van der Waals surface area (Å²) < 4.78 is 16.6. The monoisotopic (exact) mass is 542 g/mol.